The fourth-order valence-corrected chi connectivity index (χ4v) is 3.72. The van der Waals surface area contributed by atoms with Crippen molar-refractivity contribution in [2.24, 2.45) is 4.99 Å². The van der Waals surface area contributed by atoms with E-state index in [1.807, 2.05) is 47.2 Å². The van der Waals surface area contributed by atoms with Gasteiger partial charge in [0.2, 0.25) is 5.96 Å². The molecule has 0 aromatic heterocycles. The molecule has 8 heteroatoms. The van der Waals surface area contributed by atoms with Crippen molar-refractivity contribution >= 4 is 23.6 Å². The highest BCUT2D eigenvalue weighted by Gasteiger charge is 2.54. The number of fused-ring (bicyclic) bond motifs is 3. The summed E-state index contributed by atoms with van der Waals surface area (Å²) in [7, 11) is 3.29. The topological polar surface area (TPSA) is 68.7 Å². The molecular weight excluding hydrogens is 346 g/mol. The lowest BCUT2D eigenvalue weighted by atomic mass is 10.1. The number of benzene rings is 1. The van der Waals surface area contributed by atoms with Crippen LogP contribution in [0.15, 0.2) is 53.8 Å². The standard InChI is InChI=1S/C19H21N5O3/c1-5-9-22-17(25)15-16(21(3)19(22)26)20-18-23(15)11-12(2)24(18)13-7-6-8-14(10-13)27-4/h5-8,10-11,15-16H,1,9H2,2-4H3. The minimum atomic E-state index is -0.576. The molecule has 27 heavy (non-hydrogen) atoms. The zero-order chi connectivity index (χ0) is 19.3. The molecule has 0 aliphatic carbocycles. The van der Waals surface area contributed by atoms with Crippen LogP contribution in [0.3, 0.4) is 0 Å². The number of rotatable bonds is 4. The van der Waals surface area contributed by atoms with Crippen LogP contribution in [0.5, 0.6) is 5.75 Å². The lowest BCUT2D eigenvalue weighted by molar-refractivity contribution is -0.136. The molecule has 0 bridgehead atoms. The highest BCUT2D eigenvalue weighted by Crippen LogP contribution is 2.37. The number of methoxy groups -OCH3 is 1. The van der Waals surface area contributed by atoms with E-state index in [1.165, 1.54) is 9.80 Å². The Balaban J connectivity index is 1.73. The van der Waals surface area contributed by atoms with Gasteiger partial charge in [0.1, 0.15) is 5.75 Å². The first-order chi connectivity index (χ1) is 13.0. The van der Waals surface area contributed by atoms with Crippen LogP contribution in [0.2, 0.25) is 0 Å². The summed E-state index contributed by atoms with van der Waals surface area (Å²) >= 11 is 0. The quantitative estimate of drug-likeness (QED) is 0.760. The number of amides is 3. The number of nitrogens with zero attached hydrogens (tertiary/aromatic N) is 5. The third-order valence-corrected chi connectivity index (χ3v) is 5.01. The van der Waals surface area contributed by atoms with E-state index in [9.17, 15) is 9.59 Å². The third-order valence-electron chi connectivity index (χ3n) is 5.01. The van der Waals surface area contributed by atoms with Crippen LogP contribution in [0.1, 0.15) is 6.92 Å². The summed E-state index contributed by atoms with van der Waals surface area (Å²) in [6, 6.07) is 6.70. The molecule has 1 saturated heterocycles. The number of guanidine groups is 1. The second kappa shape index (κ2) is 6.15. The van der Waals surface area contributed by atoms with Crippen molar-refractivity contribution < 1.29 is 14.3 Å². The van der Waals surface area contributed by atoms with E-state index in [2.05, 4.69) is 6.58 Å². The van der Waals surface area contributed by atoms with E-state index in [0.717, 1.165) is 17.1 Å². The molecule has 1 fully saturated rings. The molecule has 1 aromatic rings. The van der Waals surface area contributed by atoms with Crippen LogP contribution in [0.25, 0.3) is 0 Å². The first-order valence-electron chi connectivity index (χ1n) is 8.65. The van der Waals surface area contributed by atoms with Gasteiger partial charge >= 0.3 is 6.03 Å². The van der Waals surface area contributed by atoms with Gasteiger partial charge in [-0.05, 0) is 19.1 Å². The Morgan fingerprint density at radius 2 is 2.11 bits per heavy atom. The summed E-state index contributed by atoms with van der Waals surface area (Å²) in [5, 5.41) is 0. The predicted molar refractivity (Wildman–Crippen MR) is 101 cm³/mol. The number of carbonyl (C=O) groups is 2. The Bertz CT molecular complexity index is 893. The van der Waals surface area contributed by atoms with Crippen molar-refractivity contribution in [1.82, 2.24) is 14.7 Å². The van der Waals surface area contributed by atoms with E-state index in [-0.39, 0.29) is 18.5 Å². The minimum absolute atomic E-state index is 0.177. The molecule has 3 aliphatic rings. The highest BCUT2D eigenvalue weighted by molar-refractivity contribution is 6.10. The molecule has 0 spiro atoms. The highest BCUT2D eigenvalue weighted by atomic mass is 16.5. The number of hydrogen-bond donors (Lipinski definition) is 0. The smallest absolute Gasteiger partial charge is 0.328 e. The van der Waals surface area contributed by atoms with Crippen LogP contribution in [0, 0.1) is 0 Å². The third kappa shape index (κ3) is 2.40. The average molecular weight is 367 g/mol. The number of hydrogen-bond acceptors (Lipinski definition) is 6. The normalized spacial score (nSPS) is 24.0. The summed E-state index contributed by atoms with van der Waals surface area (Å²) in [5.74, 6) is 1.10. The van der Waals surface area contributed by atoms with Crippen molar-refractivity contribution in [3.05, 3.63) is 48.8 Å². The molecule has 0 N–H and O–H groups in total. The van der Waals surface area contributed by atoms with Gasteiger partial charge in [-0.25, -0.2) is 9.79 Å². The lowest BCUT2D eigenvalue weighted by Crippen LogP contribution is -2.64. The Kier molecular flexibility index (Phi) is 3.91. The first kappa shape index (κ1) is 17.1. The van der Waals surface area contributed by atoms with E-state index in [4.69, 9.17) is 9.73 Å². The number of urea groups is 1. The van der Waals surface area contributed by atoms with Crippen molar-refractivity contribution in [1.29, 1.82) is 0 Å². The van der Waals surface area contributed by atoms with Gasteiger partial charge in [-0.2, -0.15) is 0 Å². The number of carbonyl (C=O) groups excluding carboxylic acids is 2. The van der Waals surface area contributed by atoms with Crippen LogP contribution in [-0.4, -0.2) is 65.5 Å². The summed E-state index contributed by atoms with van der Waals surface area (Å²) in [6.45, 7) is 5.78. The molecular formula is C19H21N5O3. The Morgan fingerprint density at radius 1 is 1.33 bits per heavy atom. The zero-order valence-electron chi connectivity index (χ0n) is 15.5. The SMILES string of the molecule is C=CCN1C(=O)C2C(N=C3N(c4cccc(OC)c4)C(C)=CN32)N(C)C1=O. The Hall–Kier alpha value is -3.29. The average Bonchev–Trinajstić information content (AvgIpc) is 3.18. The van der Waals surface area contributed by atoms with Crippen molar-refractivity contribution in [3.8, 4) is 5.75 Å². The Labute approximate surface area is 157 Å². The van der Waals surface area contributed by atoms with Gasteiger partial charge in [-0.3, -0.25) is 14.6 Å². The lowest BCUT2D eigenvalue weighted by Gasteiger charge is -2.39. The van der Waals surface area contributed by atoms with Gasteiger partial charge in [0, 0.05) is 31.6 Å². The number of aliphatic imine (C=N–C) groups is 1. The van der Waals surface area contributed by atoms with E-state index < -0.39 is 12.2 Å². The molecule has 0 saturated carbocycles. The van der Waals surface area contributed by atoms with Gasteiger partial charge in [-0.15, -0.1) is 6.58 Å². The van der Waals surface area contributed by atoms with Crippen molar-refractivity contribution in [3.63, 3.8) is 0 Å². The van der Waals surface area contributed by atoms with Crippen LogP contribution >= 0.6 is 0 Å². The first-order valence-corrected chi connectivity index (χ1v) is 8.65. The van der Waals surface area contributed by atoms with E-state index in [0.29, 0.717) is 5.96 Å². The predicted octanol–water partition coefficient (Wildman–Crippen LogP) is 1.82. The van der Waals surface area contributed by atoms with Gasteiger partial charge in [0.25, 0.3) is 5.91 Å². The largest absolute Gasteiger partial charge is 0.497 e. The summed E-state index contributed by atoms with van der Waals surface area (Å²) in [6.07, 6.45) is 2.89. The second-order valence-electron chi connectivity index (χ2n) is 6.63. The molecule has 140 valence electrons. The maximum atomic E-state index is 13.0. The molecule has 3 heterocycles. The molecule has 8 nitrogen and oxygen atoms in total. The molecule has 4 rings (SSSR count). The maximum Gasteiger partial charge on any atom is 0.328 e. The number of imide groups is 1. The Morgan fingerprint density at radius 3 is 2.81 bits per heavy atom. The number of likely N-dealkylation sites (N-methyl/N-ethyl adjacent to an activating group) is 1. The van der Waals surface area contributed by atoms with Crippen LogP contribution < -0.4 is 9.64 Å². The minimum Gasteiger partial charge on any atom is -0.497 e. The van der Waals surface area contributed by atoms with Crippen molar-refractivity contribution in [2.75, 3.05) is 25.6 Å². The van der Waals surface area contributed by atoms with Gasteiger partial charge in [0.05, 0.1) is 12.8 Å². The van der Waals surface area contributed by atoms with Gasteiger partial charge in [0.15, 0.2) is 12.2 Å². The molecule has 3 aliphatic heterocycles. The van der Waals surface area contributed by atoms with Gasteiger partial charge in [-0.1, -0.05) is 12.1 Å². The van der Waals surface area contributed by atoms with Crippen molar-refractivity contribution in [2.45, 2.75) is 19.1 Å². The molecule has 2 unspecified atom stereocenters. The van der Waals surface area contributed by atoms with E-state index in [1.54, 1.807) is 20.2 Å². The number of ether oxygens (including phenoxy) is 1. The fraction of sp³-hybridized carbons (Fsp3) is 0.316. The summed E-state index contributed by atoms with van der Waals surface area (Å²) < 4.78 is 5.32. The van der Waals surface area contributed by atoms with Crippen LogP contribution in [0.4, 0.5) is 10.5 Å². The second-order valence-corrected chi connectivity index (χ2v) is 6.63. The summed E-state index contributed by atoms with van der Waals surface area (Å²) in [4.78, 5) is 36.8. The molecule has 1 aromatic carbocycles. The van der Waals surface area contributed by atoms with Gasteiger partial charge < -0.3 is 14.5 Å². The zero-order valence-corrected chi connectivity index (χ0v) is 15.5. The molecule has 2 atom stereocenters. The summed E-state index contributed by atoms with van der Waals surface area (Å²) in [5.41, 5.74) is 1.82. The van der Waals surface area contributed by atoms with Crippen LogP contribution in [-0.2, 0) is 4.79 Å². The number of anilines is 1. The van der Waals surface area contributed by atoms with E-state index >= 15 is 0 Å². The molecule has 0 radical (unpaired) electrons. The monoisotopic (exact) mass is 367 g/mol. The maximum absolute atomic E-state index is 13.0. The molecule has 3 amide bonds. The number of allylic oxidation sites excluding steroid dienone is 1. The fourth-order valence-electron chi connectivity index (χ4n) is 3.72.